The van der Waals surface area contributed by atoms with E-state index < -0.39 is 0 Å². The van der Waals surface area contributed by atoms with Gasteiger partial charge in [-0.2, -0.15) is 0 Å². The number of hydrogen-bond donors (Lipinski definition) is 0. The minimum Gasteiger partial charge on any atom is -0.0654 e. The molecule has 18 heavy (non-hydrogen) atoms. The van der Waals surface area contributed by atoms with Crippen molar-refractivity contribution in [2.45, 2.75) is 78.1 Å². The predicted molar refractivity (Wildman–Crippen MR) is 82.1 cm³/mol. The standard InChI is InChI=1S/C18H30/c1-3-5-7-9-12-17-14-11-15-18(16-17)13-10-8-6-4-2/h11,14-16H,3-10,12-13H2,1-2H3. The van der Waals surface area contributed by atoms with Crippen LogP contribution >= 0.6 is 0 Å². The molecule has 0 bridgehead atoms. The predicted octanol–water partition coefficient (Wildman–Crippen LogP) is 5.93. The number of benzene rings is 1. The lowest BCUT2D eigenvalue weighted by molar-refractivity contribution is 0.661. The fourth-order valence-electron chi connectivity index (χ4n) is 2.45. The van der Waals surface area contributed by atoms with Crippen LogP contribution in [0.25, 0.3) is 0 Å². The van der Waals surface area contributed by atoms with Gasteiger partial charge >= 0.3 is 0 Å². The first-order valence-electron chi connectivity index (χ1n) is 7.94. The minimum atomic E-state index is 1.27. The smallest absolute Gasteiger partial charge is 0.0279 e. The van der Waals surface area contributed by atoms with Crippen LogP contribution in [0.5, 0.6) is 0 Å². The first-order valence-corrected chi connectivity index (χ1v) is 7.94. The molecule has 0 heterocycles. The van der Waals surface area contributed by atoms with E-state index >= 15 is 0 Å². The molecule has 0 fully saturated rings. The molecule has 102 valence electrons. The van der Waals surface area contributed by atoms with Crippen LogP contribution in [0.15, 0.2) is 24.3 Å². The van der Waals surface area contributed by atoms with Crippen molar-refractivity contribution in [2.24, 2.45) is 0 Å². The summed E-state index contributed by atoms with van der Waals surface area (Å²) >= 11 is 0. The first-order chi connectivity index (χ1) is 8.86. The molecular weight excluding hydrogens is 216 g/mol. The van der Waals surface area contributed by atoms with Gasteiger partial charge < -0.3 is 0 Å². The third kappa shape index (κ3) is 6.83. The average molecular weight is 246 g/mol. The molecule has 0 spiro atoms. The largest absolute Gasteiger partial charge is 0.0654 e. The molecule has 1 aromatic rings. The Bertz CT molecular complexity index is 273. The Morgan fingerprint density at radius 1 is 0.667 bits per heavy atom. The summed E-state index contributed by atoms with van der Waals surface area (Å²) in [6.07, 6.45) is 13.4. The second kappa shape index (κ2) is 10.2. The number of aryl methyl sites for hydroxylation is 2. The normalized spacial score (nSPS) is 10.8. The van der Waals surface area contributed by atoms with Gasteiger partial charge in [0.15, 0.2) is 0 Å². The lowest BCUT2D eigenvalue weighted by Gasteiger charge is -2.05. The molecule has 0 aromatic heterocycles. The summed E-state index contributed by atoms with van der Waals surface area (Å²) in [4.78, 5) is 0. The Labute approximate surface area is 114 Å². The summed E-state index contributed by atoms with van der Waals surface area (Å²) < 4.78 is 0. The third-order valence-corrected chi connectivity index (χ3v) is 3.63. The second-order valence-electron chi connectivity index (χ2n) is 5.44. The zero-order chi connectivity index (χ0) is 13.1. The van der Waals surface area contributed by atoms with Crippen molar-refractivity contribution in [3.8, 4) is 0 Å². The Morgan fingerprint density at radius 2 is 1.17 bits per heavy atom. The van der Waals surface area contributed by atoms with Crippen molar-refractivity contribution in [2.75, 3.05) is 0 Å². The van der Waals surface area contributed by atoms with Crippen LogP contribution in [0.1, 0.15) is 76.3 Å². The number of unbranched alkanes of at least 4 members (excludes halogenated alkanes) is 6. The molecule has 1 rings (SSSR count). The van der Waals surface area contributed by atoms with E-state index in [-0.39, 0.29) is 0 Å². The summed E-state index contributed by atoms with van der Waals surface area (Å²) in [5.41, 5.74) is 3.08. The maximum absolute atomic E-state index is 2.43. The maximum Gasteiger partial charge on any atom is -0.0279 e. The minimum absolute atomic E-state index is 1.27. The maximum atomic E-state index is 2.43. The van der Waals surface area contributed by atoms with E-state index in [1.165, 1.54) is 64.2 Å². The second-order valence-corrected chi connectivity index (χ2v) is 5.44. The molecule has 0 aliphatic carbocycles. The van der Waals surface area contributed by atoms with Crippen LogP contribution in [0.4, 0.5) is 0 Å². The van der Waals surface area contributed by atoms with Crippen LogP contribution in [0.3, 0.4) is 0 Å². The summed E-state index contributed by atoms with van der Waals surface area (Å²) in [6, 6.07) is 9.26. The molecule has 0 aliphatic rings. The average Bonchev–Trinajstić information content (AvgIpc) is 2.40. The highest BCUT2D eigenvalue weighted by Gasteiger charge is 1.97. The number of rotatable bonds is 10. The van der Waals surface area contributed by atoms with Crippen LogP contribution in [-0.2, 0) is 12.8 Å². The van der Waals surface area contributed by atoms with Gasteiger partial charge in [0.05, 0.1) is 0 Å². The molecule has 0 unspecified atom stereocenters. The van der Waals surface area contributed by atoms with Gasteiger partial charge in [0.1, 0.15) is 0 Å². The highest BCUT2D eigenvalue weighted by molar-refractivity contribution is 5.23. The van der Waals surface area contributed by atoms with Crippen LogP contribution < -0.4 is 0 Å². The zero-order valence-corrected chi connectivity index (χ0v) is 12.4. The fraction of sp³-hybridized carbons (Fsp3) is 0.667. The van der Waals surface area contributed by atoms with E-state index in [4.69, 9.17) is 0 Å². The van der Waals surface area contributed by atoms with E-state index in [0.29, 0.717) is 0 Å². The van der Waals surface area contributed by atoms with Gasteiger partial charge in [0, 0.05) is 0 Å². The summed E-state index contributed by atoms with van der Waals surface area (Å²) in [5, 5.41) is 0. The Hall–Kier alpha value is -0.780. The quantitative estimate of drug-likeness (QED) is 0.449. The highest BCUT2D eigenvalue weighted by atomic mass is 14.0. The van der Waals surface area contributed by atoms with Gasteiger partial charge in [-0.25, -0.2) is 0 Å². The molecular formula is C18H30. The van der Waals surface area contributed by atoms with Crippen molar-refractivity contribution >= 4 is 0 Å². The molecule has 0 saturated heterocycles. The fourth-order valence-corrected chi connectivity index (χ4v) is 2.45. The van der Waals surface area contributed by atoms with Gasteiger partial charge in [-0.3, -0.25) is 0 Å². The van der Waals surface area contributed by atoms with E-state index in [1.54, 1.807) is 11.1 Å². The Kier molecular flexibility index (Phi) is 8.63. The number of hydrogen-bond acceptors (Lipinski definition) is 0. The SMILES string of the molecule is CCCCCCc1cccc(CCCCCC)c1. The molecule has 0 saturated carbocycles. The molecule has 0 atom stereocenters. The van der Waals surface area contributed by atoms with Crippen LogP contribution in [-0.4, -0.2) is 0 Å². The van der Waals surface area contributed by atoms with E-state index in [9.17, 15) is 0 Å². The van der Waals surface area contributed by atoms with Crippen LogP contribution in [0, 0.1) is 0 Å². The molecule has 0 aliphatic heterocycles. The third-order valence-electron chi connectivity index (χ3n) is 3.63. The molecule has 1 aromatic carbocycles. The van der Waals surface area contributed by atoms with Crippen molar-refractivity contribution in [3.05, 3.63) is 35.4 Å². The highest BCUT2D eigenvalue weighted by Crippen LogP contribution is 2.13. The zero-order valence-electron chi connectivity index (χ0n) is 12.4. The van der Waals surface area contributed by atoms with Gasteiger partial charge in [0.2, 0.25) is 0 Å². The van der Waals surface area contributed by atoms with Crippen molar-refractivity contribution in [3.63, 3.8) is 0 Å². The van der Waals surface area contributed by atoms with Crippen LogP contribution in [0.2, 0.25) is 0 Å². The van der Waals surface area contributed by atoms with Gasteiger partial charge in [0.25, 0.3) is 0 Å². The Balaban J connectivity index is 2.27. The van der Waals surface area contributed by atoms with Gasteiger partial charge in [-0.15, -0.1) is 0 Å². The lowest BCUT2D eigenvalue weighted by atomic mass is 10.0. The first kappa shape index (κ1) is 15.3. The van der Waals surface area contributed by atoms with E-state index in [0.717, 1.165) is 0 Å². The van der Waals surface area contributed by atoms with Crippen molar-refractivity contribution < 1.29 is 0 Å². The van der Waals surface area contributed by atoms with Gasteiger partial charge in [-0.1, -0.05) is 76.6 Å². The van der Waals surface area contributed by atoms with Crippen molar-refractivity contribution in [1.82, 2.24) is 0 Å². The molecule has 0 N–H and O–H groups in total. The summed E-state index contributed by atoms with van der Waals surface area (Å²) in [5.74, 6) is 0. The van der Waals surface area contributed by atoms with Crippen molar-refractivity contribution in [1.29, 1.82) is 0 Å². The van der Waals surface area contributed by atoms with Gasteiger partial charge in [-0.05, 0) is 36.8 Å². The van der Waals surface area contributed by atoms with E-state index in [2.05, 4.69) is 38.1 Å². The Morgan fingerprint density at radius 3 is 1.61 bits per heavy atom. The molecule has 0 radical (unpaired) electrons. The monoisotopic (exact) mass is 246 g/mol. The summed E-state index contributed by atoms with van der Waals surface area (Å²) in [6.45, 7) is 4.55. The molecule has 0 amide bonds. The van der Waals surface area contributed by atoms with E-state index in [1.807, 2.05) is 0 Å². The molecule has 0 nitrogen and oxygen atoms in total. The molecule has 0 heteroatoms. The lowest BCUT2D eigenvalue weighted by Crippen LogP contribution is -1.90. The topological polar surface area (TPSA) is 0 Å². The summed E-state index contributed by atoms with van der Waals surface area (Å²) in [7, 11) is 0.